The number of aromatic nitrogens is 7. The third-order valence-corrected chi connectivity index (χ3v) is 4.58. The van der Waals surface area contributed by atoms with E-state index in [0.29, 0.717) is 0 Å². The van der Waals surface area contributed by atoms with Crippen molar-refractivity contribution in [1.82, 2.24) is 34.7 Å². The Labute approximate surface area is 151 Å². The molecule has 4 rings (SSSR count). The van der Waals surface area contributed by atoms with Crippen LogP contribution in [0.4, 0.5) is 0 Å². The maximum atomic E-state index is 4.82. The highest BCUT2D eigenvalue weighted by Gasteiger charge is 2.23. The summed E-state index contributed by atoms with van der Waals surface area (Å²) >= 11 is 0. The molecule has 1 aromatic carbocycles. The molecule has 3 aromatic heterocycles. The molecule has 4 aromatic rings. The smallest absolute Gasteiger partial charge is 0.147 e. The Morgan fingerprint density at radius 1 is 1.12 bits per heavy atom. The average molecular weight is 347 g/mol. The number of aryl methyl sites for hydroxylation is 2. The molecule has 1 atom stereocenters. The van der Waals surface area contributed by atoms with E-state index >= 15 is 0 Å². The van der Waals surface area contributed by atoms with E-state index in [0.717, 1.165) is 46.4 Å². The third-order valence-electron chi connectivity index (χ3n) is 4.58. The van der Waals surface area contributed by atoms with Crippen LogP contribution in [-0.2, 0) is 6.42 Å². The molecule has 0 aliphatic heterocycles. The van der Waals surface area contributed by atoms with Gasteiger partial charge in [-0.15, -0.1) is 0 Å². The van der Waals surface area contributed by atoms with Crippen molar-refractivity contribution >= 4 is 0 Å². The Hall–Kier alpha value is -3.22. The minimum atomic E-state index is -0.0429. The van der Waals surface area contributed by atoms with Crippen LogP contribution in [-0.4, -0.2) is 34.7 Å². The SMILES string of the molecule is CCc1nc(-c2c(-c3ccccc3)ncn2[C@H](C)c2ncn[nH]2)c(C)[nH]1. The van der Waals surface area contributed by atoms with Crippen LogP contribution in [0.3, 0.4) is 0 Å². The first kappa shape index (κ1) is 16.3. The van der Waals surface area contributed by atoms with Gasteiger partial charge in [-0.05, 0) is 13.8 Å². The number of nitrogens with zero attached hydrogens (tertiary/aromatic N) is 5. The first-order chi connectivity index (χ1) is 12.7. The van der Waals surface area contributed by atoms with Crippen molar-refractivity contribution in [2.24, 2.45) is 0 Å². The predicted molar refractivity (Wildman–Crippen MR) is 99.6 cm³/mol. The monoisotopic (exact) mass is 347 g/mol. The van der Waals surface area contributed by atoms with Crippen molar-refractivity contribution in [3.63, 3.8) is 0 Å². The molecule has 0 aliphatic rings. The molecule has 3 heterocycles. The summed E-state index contributed by atoms with van der Waals surface area (Å²) in [5.74, 6) is 1.75. The zero-order valence-electron chi connectivity index (χ0n) is 15.1. The van der Waals surface area contributed by atoms with Crippen LogP contribution in [0, 0.1) is 6.92 Å². The molecule has 7 nitrogen and oxygen atoms in total. The fourth-order valence-electron chi connectivity index (χ4n) is 3.16. The van der Waals surface area contributed by atoms with Crippen molar-refractivity contribution in [3.05, 3.63) is 60.3 Å². The van der Waals surface area contributed by atoms with Gasteiger partial charge in [-0.3, -0.25) is 5.10 Å². The van der Waals surface area contributed by atoms with E-state index in [-0.39, 0.29) is 6.04 Å². The summed E-state index contributed by atoms with van der Waals surface area (Å²) in [6.07, 6.45) is 4.23. The van der Waals surface area contributed by atoms with Gasteiger partial charge in [0, 0.05) is 17.7 Å². The summed E-state index contributed by atoms with van der Waals surface area (Å²) in [6.45, 7) is 6.21. The highest BCUT2D eigenvalue weighted by molar-refractivity contribution is 5.78. The minimum Gasteiger partial charge on any atom is -0.346 e. The van der Waals surface area contributed by atoms with Crippen molar-refractivity contribution in [2.75, 3.05) is 0 Å². The van der Waals surface area contributed by atoms with Gasteiger partial charge < -0.3 is 9.55 Å². The van der Waals surface area contributed by atoms with E-state index in [9.17, 15) is 0 Å². The van der Waals surface area contributed by atoms with Gasteiger partial charge in [0.25, 0.3) is 0 Å². The Kier molecular flexibility index (Phi) is 4.12. The van der Waals surface area contributed by atoms with E-state index in [4.69, 9.17) is 9.97 Å². The lowest BCUT2D eigenvalue weighted by Gasteiger charge is -2.14. The number of hydrogen-bond acceptors (Lipinski definition) is 4. The predicted octanol–water partition coefficient (Wildman–Crippen LogP) is 3.54. The maximum absolute atomic E-state index is 4.82. The van der Waals surface area contributed by atoms with Crippen LogP contribution in [0.2, 0.25) is 0 Å². The lowest BCUT2D eigenvalue weighted by molar-refractivity contribution is 0.606. The molecule has 0 aliphatic carbocycles. The maximum Gasteiger partial charge on any atom is 0.147 e. The van der Waals surface area contributed by atoms with Crippen LogP contribution >= 0.6 is 0 Å². The summed E-state index contributed by atoms with van der Waals surface area (Å²) in [7, 11) is 0. The van der Waals surface area contributed by atoms with Crippen molar-refractivity contribution < 1.29 is 0 Å². The standard InChI is InChI=1S/C19H21N7/c1-4-15-23-12(2)16(24-15)18-17(14-8-6-5-7-9-14)21-11-26(18)13(3)19-20-10-22-25-19/h5-11,13H,4H2,1-3H3,(H,23,24)(H,20,22,25)/t13-/m1/s1. The lowest BCUT2D eigenvalue weighted by atomic mass is 10.1. The second-order valence-corrected chi connectivity index (χ2v) is 6.27. The highest BCUT2D eigenvalue weighted by atomic mass is 15.2. The molecule has 132 valence electrons. The van der Waals surface area contributed by atoms with E-state index in [1.807, 2.05) is 31.5 Å². The molecule has 0 radical (unpaired) electrons. The normalized spacial score (nSPS) is 12.4. The molecule has 0 bridgehead atoms. The highest BCUT2D eigenvalue weighted by Crippen LogP contribution is 2.34. The van der Waals surface area contributed by atoms with Gasteiger partial charge in [0.15, 0.2) is 0 Å². The van der Waals surface area contributed by atoms with Crippen molar-refractivity contribution in [3.8, 4) is 22.6 Å². The molecule has 2 N–H and O–H groups in total. The average Bonchev–Trinajstić information content (AvgIpc) is 3.41. The number of imidazole rings is 2. The first-order valence-corrected chi connectivity index (χ1v) is 8.72. The Bertz CT molecular complexity index is 996. The van der Waals surface area contributed by atoms with Crippen LogP contribution < -0.4 is 0 Å². The van der Waals surface area contributed by atoms with Crippen molar-refractivity contribution in [1.29, 1.82) is 0 Å². The summed E-state index contributed by atoms with van der Waals surface area (Å²) in [5.41, 5.74) is 4.91. The second-order valence-electron chi connectivity index (χ2n) is 6.27. The van der Waals surface area contributed by atoms with E-state index < -0.39 is 0 Å². The topological polar surface area (TPSA) is 88.1 Å². The molecular weight excluding hydrogens is 326 g/mol. The molecule has 0 spiro atoms. The summed E-state index contributed by atoms with van der Waals surface area (Å²) in [6, 6.07) is 10.1. The molecule has 0 saturated carbocycles. The zero-order valence-corrected chi connectivity index (χ0v) is 15.1. The zero-order chi connectivity index (χ0) is 18.1. The van der Waals surface area contributed by atoms with Crippen LogP contribution in [0.1, 0.15) is 37.2 Å². The Morgan fingerprint density at radius 2 is 1.92 bits per heavy atom. The molecule has 7 heteroatoms. The van der Waals surface area contributed by atoms with Crippen LogP contribution in [0.5, 0.6) is 0 Å². The van der Waals surface area contributed by atoms with Crippen LogP contribution in [0.25, 0.3) is 22.6 Å². The first-order valence-electron chi connectivity index (χ1n) is 8.72. The number of nitrogens with one attached hydrogen (secondary N) is 2. The van der Waals surface area contributed by atoms with Crippen molar-refractivity contribution in [2.45, 2.75) is 33.2 Å². The van der Waals surface area contributed by atoms with Gasteiger partial charge >= 0.3 is 0 Å². The third kappa shape index (κ3) is 2.71. The fourth-order valence-corrected chi connectivity index (χ4v) is 3.16. The molecular formula is C19H21N7. The Balaban J connectivity index is 1.93. The number of H-pyrrole nitrogens is 2. The van der Waals surface area contributed by atoms with Gasteiger partial charge in [0.2, 0.25) is 0 Å². The summed E-state index contributed by atoms with van der Waals surface area (Å²) < 4.78 is 2.10. The molecule has 0 unspecified atom stereocenters. The second kappa shape index (κ2) is 6.59. The summed E-state index contributed by atoms with van der Waals surface area (Å²) in [4.78, 5) is 17.2. The van der Waals surface area contributed by atoms with Gasteiger partial charge in [-0.25, -0.2) is 15.0 Å². The quantitative estimate of drug-likeness (QED) is 0.578. The van der Waals surface area contributed by atoms with E-state index in [1.54, 1.807) is 0 Å². The van der Waals surface area contributed by atoms with Gasteiger partial charge in [-0.2, -0.15) is 5.10 Å². The number of benzene rings is 1. The lowest BCUT2D eigenvalue weighted by Crippen LogP contribution is -2.10. The molecule has 26 heavy (non-hydrogen) atoms. The minimum absolute atomic E-state index is 0.0429. The fraction of sp³-hybridized carbons (Fsp3) is 0.263. The molecule has 0 fully saturated rings. The molecule has 0 amide bonds. The van der Waals surface area contributed by atoms with Crippen LogP contribution in [0.15, 0.2) is 43.0 Å². The largest absolute Gasteiger partial charge is 0.346 e. The number of aromatic amines is 2. The number of rotatable bonds is 5. The summed E-state index contributed by atoms with van der Waals surface area (Å²) in [5, 5.41) is 6.94. The molecule has 0 saturated heterocycles. The number of hydrogen-bond donors (Lipinski definition) is 2. The van der Waals surface area contributed by atoms with Gasteiger partial charge in [0.1, 0.15) is 23.7 Å². The van der Waals surface area contributed by atoms with E-state index in [2.05, 4.69) is 50.7 Å². The van der Waals surface area contributed by atoms with E-state index in [1.165, 1.54) is 6.33 Å². The van der Waals surface area contributed by atoms with Gasteiger partial charge in [-0.1, -0.05) is 37.3 Å². The Morgan fingerprint density at radius 3 is 2.58 bits per heavy atom. The van der Waals surface area contributed by atoms with Gasteiger partial charge in [0.05, 0.1) is 23.8 Å².